The molecule has 0 aromatic heterocycles. The summed E-state index contributed by atoms with van der Waals surface area (Å²) in [5, 5.41) is 3.55. The van der Waals surface area contributed by atoms with Gasteiger partial charge in [0.15, 0.2) is 0 Å². The molecule has 0 spiro atoms. The van der Waals surface area contributed by atoms with Gasteiger partial charge >= 0.3 is 0 Å². The molecule has 0 aromatic carbocycles. The largest absolute Gasteiger partial charge is 0.381 e. The molecule has 17 heavy (non-hydrogen) atoms. The minimum atomic E-state index is 0.711. The molecule has 1 rings (SSSR count). The van der Waals surface area contributed by atoms with Gasteiger partial charge < -0.3 is 15.0 Å². The molecule has 1 fully saturated rings. The zero-order valence-corrected chi connectivity index (χ0v) is 11.9. The minimum absolute atomic E-state index is 0.711. The molecule has 1 N–H and O–H groups in total. The van der Waals surface area contributed by atoms with Gasteiger partial charge in [-0.2, -0.15) is 0 Å². The maximum atomic E-state index is 5.41. The van der Waals surface area contributed by atoms with E-state index in [0.717, 1.165) is 25.8 Å². The van der Waals surface area contributed by atoms with Crippen LogP contribution in [0.5, 0.6) is 0 Å². The number of rotatable bonds is 8. The van der Waals surface area contributed by atoms with Crippen molar-refractivity contribution in [2.24, 2.45) is 0 Å². The van der Waals surface area contributed by atoms with Gasteiger partial charge in [-0.3, -0.25) is 0 Å². The summed E-state index contributed by atoms with van der Waals surface area (Å²) in [7, 11) is 2.27. The normalized spacial score (nSPS) is 19.8. The van der Waals surface area contributed by atoms with Crippen LogP contribution < -0.4 is 5.32 Å². The third-order valence-corrected chi connectivity index (χ3v) is 3.86. The predicted octanol–water partition coefficient (Wildman–Crippen LogP) is 2.27. The number of nitrogens with zero attached hydrogens (tertiary/aromatic N) is 1. The number of ether oxygens (including phenoxy) is 1. The summed E-state index contributed by atoms with van der Waals surface area (Å²) in [6.45, 7) is 8.68. The Labute approximate surface area is 107 Å². The standard InChI is InChI=1S/C14H30N2O/c1-4-13(15-5-2)7-6-10-16(3)14-8-11-17-12-9-14/h13-15H,4-12H2,1-3H3. The molecule has 102 valence electrons. The highest BCUT2D eigenvalue weighted by Gasteiger charge is 2.18. The topological polar surface area (TPSA) is 24.5 Å². The van der Waals surface area contributed by atoms with Crippen LogP contribution in [-0.2, 0) is 4.74 Å². The third kappa shape index (κ3) is 5.84. The summed E-state index contributed by atoms with van der Waals surface area (Å²) in [5.41, 5.74) is 0. The molecule has 0 bridgehead atoms. The van der Waals surface area contributed by atoms with E-state index in [1.54, 1.807) is 0 Å². The predicted molar refractivity (Wildman–Crippen MR) is 73.5 cm³/mol. The van der Waals surface area contributed by atoms with Crippen LogP contribution in [-0.4, -0.2) is 50.3 Å². The second-order valence-electron chi connectivity index (χ2n) is 5.13. The fraction of sp³-hybridized carbons (Fsp3) is 1.00. The van der Waals surface area contributed by atoms with Crippen LogP contribution in [0, 0.1) is 0 Å². The Bertz CT molecular complexity index is 181. The number of hydrogen-bond donors (Lipinski definition) is 1. The highest BCUT2D eigenvalue weighted by Crippen LogP contribution is 2.13. The first-order valence-corrected chi connectivity index (χ1v) is 7.29. The molecular weight excluding hydrogens is 212 g/mol. The van der Waals surface area contributed by atoms with E-state index in [4.69, 9.17) is 4.74 Å². The van der Waals surface area contributed by atoms with Crippen molar-refractivity contribution in [2.75, 3.05) is 33.4 Å². The van der Waals surface area contributed by atoms with Gasteiger partial charge in [-0.05, 0) is 52.2 Å². The Kier molecular flexibility index (Phi) is 7.82. The summed E-state index contributed by atoms with van der Waals surface area (Å²) >= 11 is 0. The third-order valence-electron chi connectivity index (χ3n) is 3.86. The zero-order valence-electron chi connectivity index (χ0n) is 11.9. The Morgan fingerprint density at radius 1 is 1.29 bits per heavy atom. The maximum absolute atomic E-state index is 5.41. The van der Waals surface area contributed by atoms with Crippen molar-refractivity contribution in [3.8, 4) is 0 Å². The van der Waals surface area contributed by atoms with Gasteiger partial charge in [-0.1, -0.05) is 13.8 Å². The van der Waals surface area contributed by atoms with E-state index in [0.29, 0.717) is 6.04 Å². The van der Waals surface area contributed by atoms with Crippen molar-refractivity contribution >= 4 is 0 Å². The Hall–Kier alpha value is -0.120. The van der Waals surface area contributed by atoms with Gasteiger partial charge in [0, 0.05) is 25.3 Å². The van der Waals surface area contributed by atoms with Gasteiger partial charge in [0.2, 0.25) is 0 Å². The fourth-order valence-corrected chi connectivity index (χ4v) is 2.63. The molecule has 0 amide bonds. The number of hydrogen-bond acceptors (Lipinski definition) is 3. The van der Waals surface area contributed by atoms with Crippen molar-refractivity contribution in [2.45, 2.75) is 58.0 Å². The quantitative estimate of drug-likeness (QED) is 0.706. The monoisotopic (exact) mass is 242 g/mol. The highest BCUT2D eigenvalue weighted by atomic mass is 16.5. The fourth-order valence-electron chi connectivity index (χ4n) is 2.63. The molecular formula is C14H30N2O. The summed E-state index contributed by atoms with van der Waals surface area (Å²) in [6.07, 6.45) is 6.27. The smallest absolute Gasteiger partial charge is 0.0480 e. The molecule has 0 saturated carbocycles. The molecule has 1 heterocycles. The first-order valence-electron chi connectivity index (χ1n) is 7.29. The Balaban J connectivity index is 2.11. The van der Waals surface area contributed by atoms with E-state index >= 15 is 0 Å². The lowest BCUT2D eigenvalue weighted by atomic mass is 10.1. The van der Waals surface area contributed by atoms with E-state index in [1.807, 2.05) is 0 Å². The summed E-state index contributed by atoms with van der Waals surface area (Å²) in [4.78, 5) is 2.53. The molecule has 0 aromatic rings. The van der Waals surface area contributed by atoms with Crippen molar-refractivity contribution in [1.29, 1.82) is 0 Å². The van der Waals surface area contributed by atoms with Crippen molar-refractivity contribution in [3.05, 3.63) is 0 Å². The first kappa shape index (κ1) is 14.9. The molecule has 1 aliphatic rings. The molecule has 0 radical (unpaired) electrons. The van der Waals surface area contributed by atoms with Gasteiger partial charge in [0.05, 0.1) is 0 Å². The van der Waals surface area contributed by atoms with Crippen LogP contribution in [0.15, 0.2) is 0 Å². The van der Waals surface area contributed by atoms with Crippen LogP contribution >= 0.6 is 0 Å². The molecule has 3 heteroatoms. The van der Waals surface area contributed by atoms with Crippen LogP contribution in [0.3, 0.4) is 0 Å². The maximum Gasteiger partial charge on any atom is 0.0480 e. The van der Waals surface area contributed by atoms with E-state index in [1.165, 1.54) is 38.6 Å². The summed E-state index contributed by atoms with van der Waals surface area (Å²) < 4.78 is 5.41. The van der Waals surface area contributed by atoms with Gasteiger partial charge in [-0.15, -0.1) is 0 Å². The zero-order chi connectivity index (χ0) is 12.5. The lowest BCUT2D eigenvalue weighted by molar-refractivity contribution is 0.0424. The van der Waals surface area contributed by atoms with Crippen molar-refractivity contribution in [1.82, 2.24) is 10.2 Å². The molecule has 1 aliphatic heterocycles. The van der Waals surface area contributed by atoms with Crippen LogP contribution in [0.25, 0.3) is 0 Å². The van der Waals surface area contributed by atoms with Gasteiger partial charge in [0.25, 0.3) is 0 Å². The van der Waals surface area contributed by atoms with Crippen LogP contribution in [0.1, 0.15) is 46.0 Å². The average molecular weight is 242 g/mol. The molecule has 0 aliphatic carbocycles. The van der Waals surface area contributed by atoms with Crippen molar-refractivity contribution in [3.63, 3.8) is 0 Å². The summed E-state index contributed by atoms with van der Waals surface area (Å²) in [5.74, 6) is 0. The lowest BCUT2D eigenvalue weighted by Crippen LogP contribution is -2.37. The van der Waals surface area contributed by atoms with E-state index in [-0.39, 0.29) is 0 Å². The van der Waals surface area contributed by atoms with Gasteiger partial charge in [-0.25, -0.2) is 0 Å². The first-order chi connectivity index (χ1) is 8.27. The number of nitrogens with one attached hydrogen (secondary N) is 1. The molecule has 1 unspecified atom stereocenters. The molecule has 3 nitrogen and oxygen atoms in total. The van der Waals surface area contributed by atoms with Crippen LogP contribution in [0.2, 0.25) is 0 Å². The van der Waals surface area contributed by atoms with Gasteiger partial charge in [0.1, 0.15) is 0 Å². The molecule has 1 saturated heterocycles. The summed E-state index contributed by atoms with van der Waals surface area (Å²) in [6, 6.07) is 1.46. The Morgan fingerprint density at radius 3 is 2.59 bits per heavy atom. The van der Waals surface area contributed by atoms with E-state index in [2.05, 4.69) is 31.1 Å². The lowest BCUT2D eigenvalue weighted by Gasteiger charge is -2.31. The molecule has 1 atom stereocenters. The highest BCUT2D eigenvalue weighted by molar-refractivity contribution is 4.73. The van der Waals surface area contributed by atoms with E-state index in [9.17, 15) is 0 Å². The Morgan fingerprint density at radius 2 is 2.00 bits per heavy atom. The SMILES string of the molecule is CCNC(CC)CCCN(C)C1CCOCC1. The second-order valence-corrected chi connectivity index (χ2v) is 5.13. The van der Waals surface area contributed by atoms with E-state index < -0.39 is 0 Å². The van der Waals surface area contributed by atoms with Crippen LogP contribution in [0.4, 0.5) is 0 Å². The van der Waals surface area contributed by atoms with Crippen molar-refractivity contribution < 1.29 is 4.74 Å². The second kappa shape index (κ2) is 8.90. The minimum Gasteiger partial charge on any atom is -0.381 e. The average Bonchev–Trinajstić information content (AvgIpc) is 2.38.